The van der Waals surface area contributed by atoms with E-state index in [-0.39, 0.29) is 0 Å². The molecule has 1 unspecified atom stereocenters. The molecule has 2 aromatic rings. The second-order valence-electron chi connectivity index (χ2n) is 6.55. The lowest BCUT2D eigenvalue weighted by atomic mass is 10.0. The Morgan fingerprint density at radius 1 is 1.21 bits per heavy atom. The standard InChI is InChI=1S/C17H22N2O3.C2HF3O2/c1-12-17(13(2)22-18-12)15-5-3-14(4-6-15)16(20)11-19-7-9-21-10-8-19;3-2(4,5)1(6)7/h3-6,16,20H,7-11H2,1-2H3;(H,6,7). The van der Waals surface area contributed by atoms with Crippen molar-refractivity contribution in [3.8, 4) is 11.1 Å². The average Bonchev–Trinajstić information content (AvgIpc) is 3.01. The van der Waals surface area contributed by atoms with Gasteiger partial charge in [-0.1, -0.05) is 29.4 Å². The van der Waals surface area contributed by atoms with Gasteiger partial charge >= 0.3 is 12.1 Å². The molecule has 2 N–H and O–H groups in total. The molecule has 29 heavy (non-hydrogen) atoms. The number of aliphatic hydroxyl groups excluding tert-OH is 1. The zero-order chi connectivity index (χ0) is 21.6. The highest BCUT2D eigenvalue weighted by Crippen LogP contribution is 2.28. The van der Waals surface area contributed by atoms with Crippen molar-refractivity contribution in [2.75, 3.05) is 32.8 Å². The highest BCUT2D eigenvalue weighted by Gasteiger charge is 2.38. The van der Waals surface area contributed by atoms with Crippen molar-refractivity contribution in [1.29, 1.82) is 0 Å². The molecule has 1 saturated heterocycles. The Kier molecular flexibility index (Phi) is 7.77. The summed E-state index contributed by atoms with van der Waals surface area (Å²) < 4.78 is 42.3. The molecule has 0 bridgehead atoms. The lowest BCUT2D eigenvalue weighted by Crippen LogP contribution is -2.38. The van der Waals surface area contributed by atoms with E-state index in [1.165, 1.54) is 0 Å². The fraction of sp³-hybridized carbons (Fsp3) is 0.474. The molecule has 1 aromatic heterocycles. The second kappa shape index (κ2) is 9.86. The zero-order valence-corrected chi connectivity index (χ0v) is 16.1. The van der Waals surface area contributed by atoms with Crippen molar-refractivity contribution in [3.05, 3.63) is 41.3 Å². The molecule has 7 nitrogen and oxygen atoms in total. The van der Waals surface area contributed by atoms with Gasteiger partial charge in [-0.25, -0.2) is 4.79 Å². The number of hydrogen-bond donors (Lipinski definition) is 2. The van der Waals surface area contributed by atoms with Crippen molar-refractivity contribution < 1.29 is 37.4 Å². The number of carboxylic acids is 1. The number of carbonyl (C=O) groups is 1. The summed E-state index contributed by atoms with van der Waals surface area (Å²) in [5.41, 5.74) is 3.92. The summed E-state index contributed by atoms with van der Waals surface area (Å²) in [6.07, 6.45) is -5.56. The first-order valence-electron chi connectivity index (χ1n) is 8.91. The number of morpholine rings is 1. The van der Waals surface area contributed by atoms with Gasteiger partial charge < -0.3 is 19.5 Å². The van der Waals surface area contributed by atoms with Crippen molar-refractivity contribution in [1.82, 2.24) is 10.1 Å². The smallest absolute Gasteiger partial charge is 0.475 e. The van der Waals surface area contributed by atoms with Gasteiger partial charge in [-0.3, -0.25) is 4.90 Å². The molecular formula is C19H23F3N2O5. The van der Waals surface area contributed by atoms with Crippen molar-refractivity contribution >= 4 is 5.97 Å². The number of rotatable bonds is 4. The molecule has 2 heterocycles. The second-order valence-corrected chi connectivity index (χ2v) is 6.55. The van der Waals surface area contributed by atoms with E-state index < -0.39 is 18.2 Å². The largest absolute Gasteiger partial charge is 0.490 e. The van der Waals surface area contributed by atoms with Crippen LogP contribution in [0.4, 0.5) is 13.2 Å². The maximum atomic E-state index is 10.6. The Bertz CT molecular complexity index is 780. The van der Waals surface area contributed by atoms with Crippen LogP contribution in [-0.4, -0.2) is 65.3 Å². The quantitative estimate of drug-likeness (QED) is 0.791. The Morgan fingerprint density at radius 2 is 1.76 bits per heavy atom. The van der Waals surface area contributed by atoms with E-state index in [0.717, 1.165) is 54.4 Å². The fourth-order valence-electron chi connectivity index (χ4n) is 2.90. The van der Waals surface area contributed by atoms with E-state index in [9.17, 15) is 18.3 Å². The van der Waals surface area contributed by atoms with Crippen molar-refractivity contribution in [2.24, 2.45) is 0 Å². The van der Waals surface area contributed by atoms with E-state index in [4.69, 9.17) is 19.2 Å². The maximum Gasteiger partial charge on any atom is 0.490 e. The SMILES string of the molecule is Cc1noc(C)c1-c1ccc(C(O)CN2CCOCC2)cc1.O=C(O)C(F)(F)F. The molecule has 160 valence electrons. The molecule has 1 fully saturated rings. The van der Waals surface area contributed by atoms with Crippen LogP contribution in [0.3, 0.4) is 0 Å². The number of aromatic nitrogens is 1. The highest BCUT2D eigenvalue weighted by molar-refractivity contribution is 5.73. The molecule has 0 aliphatic carbocycles. The predicted octanol–water partition coefficient (Wildman–Crippen LogP) is 2.96. The average molecular weight is 416 g/mol. The van der Waals surface area contributed by atoms with Gasteiger partial charge in [0.2, 0.25) is 0 Å². The summed E-state index contributed by atoms with van der Waals surface area (Å²) in [6.45, 7) is 7.76. The number of ether oxygens (including phenoxy) is 1. The van der Waals surface area contributed by atoms with Crippen LogP contribution in [-0.2, 0) is 9.53 Å². The molecule has 3 rings (SSSR count). The van der Waals surface area contributed by atoms with Crippen LogP contribution in [0, 0.1) is 13.8 Å². The van der Waals surface area contributed by atoms with Crippen LogP contribution in [0.15, 0.2) is 28.8 Å². The topological polar surface area (TPSA) is 96.0 Å². The first-order chi connectivity index (χ1) is 13.6. The van der Waals surface area contributed by atoms with Crippen LogP contribution < -0.4 is 0 Å². The molecule has 0 radical (unpaired) electrons. The molecule has 1 aromatic carbocycles. The van der Waals surface area contributed by atoms with Gasteiger partial charge in [0.1, 0.15) is 5.76 Å². The monoisotopic (exact) mass is 416 g/mol. The van der Waals surface area contributed by atoms with Crippen LogP contribution in [0.1, 0.15) is 23.1 Å². The third-order valence-electron chi connectivity index (χ3n) is 4.39. The molecule has 1 aliphatic heterocycles. The number of aliphatic hydroxyl groups is 1. The van der Waals surface area contributed by atoms with Gasteiger partial charge in [-0.15, -0.1) is 0 Å². The number of hydrogen-bond acceptors (Lipinski definition) is 6. The van der Waals surface area contributed by atoms with E-state index in [1.54, 1.807) is 0 Å². The van der Waals surface area contributed by atoms with Crippen molar-refractivity contribution in [2.45, 2.75) is 26.1 Å². The Morgan fingerprint density at radius 3 is 2.21 bits per heavy atom. The zero-order valence-electron chi connectivity index (χ0n) is 16.1. The number of β-amino-alcohol motifs (C(OH)–C–C–N with tert-alkyl or cyclic N) is 1. The molecule has 1 atom stereocenters. The first-order valence-corrected chi connectivity index (χ1v) is 8.91. The fourth-order valence-corrected chi connectivity index (χ4v) is 2.90. The van der Waals surface area contributed by atoms with E-state index >= 15 is 0 Å². The molecule has 0 saturated carbocycles. The molecule has 0 amide bonds. The maximum absolute atomic E-state index is 10.6. The van der Waals surface area contributed by atoms with Crippen LogP contribution in [0.25, 0.3) is 11.1 Å². The van der Waals surface area contributed by atoms with Gasteiger partial charge in [0, 0.05) is 25.2 Å². The minimum Gasteiger partial charge on any atom is -0.475 e. The molecule has 0 spiro atoms. The number of benzene rings is 1. The lowest BCUT2D eigenvalue weighted by Gasteiger charge is -2.28. The van der Waals surface area contributed by atoms with Crippen LogP contribution in [0.5, 0.6) is 0 Å². The van der Waals surface area contributed by atoms with Gasteiger partial charge in [0.05, 0.1) is 25.0 Å². The number of carboxylic acid groups (broad SMARTS) is 1. The summed E-state index contributed by atoms with van der Waals surface area (Å²) >= 11 is 0. The summed E-state index contributed by atoms with van der Waals surface area (Å²) in [5, 5.41) is 21.5. The number of aliphatic carboxylic acids is 1. The number of aryl methyl sites for hydroxylation is 2. The first kappa shape index (κ1) is 22.9. The van der Waals surface area contributed by atoms with E-state index in [1.807, 2.05) is 38.1 Å². The van der Waals surface area contributed by atoms with Crippen LogP contribution in [0.2, 0.25) is 0 Å². The van der Waals surface area contributed by atoms with Crippen LogP contribution >= 0.6 is 0 Å². The summed E-state index contributed by atoms with van der Waals surface area (Å²) in [6, 6.07) is 7.99. The third-order valence-corrected chi connectivity index (χ3v) is 4.39. The molecular weight excluding hydrogens is 393 g/mol. The van der Waals surface area contributed by atoms with Gasteiger partial charge in [-0.05, 0) is 25.0 Å². The van der Waals surface area contributed by atoms with Gasteiger partial charge in [0.15, 0.2) is 0 Å². The molecule has 1 aliphatic rings. The summed E-state index contributed by atoms with van der Waals surface area (Å²) in [5.74, 6) is -1.94. The highest BCUT2D eigenvalue weighted by atomic mass is 19.4. The molecule has 10 heteroatoms. The Balaban J connectivity index is 0.000000370. The summed E-state index contributed by atoms with van der Waals surface area (Å²) in [7, 11) is 0. The van der Waals surface area contributed by atoms with E-state index in [2.05, 4.69) is 10.1 Å². The number of alkyl halides is 3. The summed E-state index contributed by atoms with van der Waals surface area (Å²) in [4.78, 5) is 11.1. The van der Waals surface area contributed by atoms with Crippen molar-refractivity contribution in [3.63, 3.8) is 0 Å². The van der Waals surface area contributed by atoms with E-state index in [0.29, 0.717) is 6.54 Å². The number of nitrogens with zero attached hydrogens (tertiary/aromatic N) is 2. The number of halogens is 3. The third kappa shape index (κ3) is 6.55. The Hall–Kier alpha value is -2.43. The minimum atomic E-state index is -5.08. The lowest BCUT2D eigenvalue weighted by molar-refractivity contribution is -0.192. The Labute approximate surface area is 165 Å². The normalized spacial score (nSPS) is 16.1. The van der Waals surface area contributed by atoms with Gasteiger partial charge in [0.25, 0.3) is 0 Å². The minimum absolute atomic E-state index is 0.475. The van der Waals surface area contributed by atoms with Gasteiger partial charge in [-0.2, -0.15) is 13.2 Å². The predicted molar refractivity (Wildman–Crippen MR) is 97.3 cm³/mol.